The van der Waals surface area contributed by atoms with Crippen LogP contribution in [0.15, 0.2) is 24.3 Å². The van der Waals surface area contributed by atoms with Gasteiger partial charge in [-0.25, -0.2) is 0 Å². The van der Waals surface area contributed by atoms with Gasteiger partial charge in [0.15, 0.2) is 5.78 Å². The van der Waals surface area contributed by atoms with Gasteiger partial charge in [0.25, 0.3) is 5.69 Å². The van der Waals surface area contributed by atoms with E-state index in [1.807, 2.05) is 6.92 Å². The molecule has 0 aliphatic rings. The number of nitro groups is 1. The number of carbonyl (C=O) groups excluding carboxylic acids is 1. The molecular formula is C11H11NO3. The van der Waals surface area contributed by atoms with Crippen molar-refractivity contribution in [2.24, 2.45) is 0 Å². The Morgan fingerprint density at radius 2 is 2.13 bits per heavy atom. The standard InChI is InChI=1S/C11H11NO3/c1-8-3-6-11(12(14)15)7-10(8)5-4-9(2)13/h3-7H,1-2H3/b5-4+. The molecule has 0 atom stereocenters. The molecule has 4 nitrogen and oxygen atoms in total. The predicted molar refractivity (Wildman–Crippen MR) is 57.5 cm³/mol. The molecule has 0 saturated carbocycles. The fraction of sp³-hybridized carbons (Fsp3) is 0.182. The molecule has 0 aliphatic heterocycles. The zero-order valence-electron chi connectivity index (χ0n) is 8.56. The van der Waals surface area contributed by atoms with Gasteiger partial charge in [0.05, 0.1) is 4.92 Å². The molecule has 1 aromatic carbocycles. The second-order valence-electron chi connectivity index (χ2n) is 3.24. The van der Waals surface area contributed by atoms with Crippen LogP contribution < -0.4 is 0 Å². The normalized spacial score (nSPS) is 10.5. The zero-order valence-corrected chi connectivity index (χ0v) is 8.56. The lowest BCUT2D eigenvalue weighted by Gasteiger charge is -1.99. The third kappa shape index (κ3) is 3.02. The fourth-order valence-corrected chi connectivity index (χ4v) is 1.13. The molecule has 0 unspecified atom stereocenters. The van der Waals surface area contributed by atoms with Crippen LogP contribution >= 0.6 is 0 Å². The van der Waals surface area contributed by atoms with E-state index in [2.05, 4.69) is 0 Å². The van der Waals surface area contributed by atoms with E-state index < -0.39 is 4.92 Å². The van der Waals surface area contributed by atoms with Crippen LogP contribution in [0.25, 0.3) is 6.08 Å². The highest BCUT2D eigenvalue weighted by molar-refractivity contribution is 5.91. The lowest BCUT2D eigenvalue weighted by atomic mass is 10.1. The second-order valence-corrected chi connectivity index (χ2v) is 3.24. The van der Waals surface area contributed by atoms with Gasteiger partial charge in [-0.1, -0.05) is 12.1 Å². The van der Waals surface area contributed by atoms with Crippen molar-refractivity contribution in [3.8, 4) is 0 Å². The van der Waals surface area contributed by atoms with Crippen molar-refractivity contribution in [3.63, 3.8) is 0 Å². The molecule has 1 aromatic rings. The van der Waals surface area contributed by atoms with Crippen molar-refractivity contribution in [2.75, 3.05) is 0 Å². The highest BCUT2D eigenvalue weighted by atomic mass is 16.6. The van der Waals surface area contributed by atoms with Gasteiger partial charge >= 0.3 is 0 Å². The molecule has 78 valence electrons. The largest absolute Gasteiger partial charge is 0.295 e. The molecule has 1 rings (SSSR count). The monoisotopic (exact) mass is 205 g/mol. The summed E-state index contributed by atoms with van der Waals surface area (Å²) in [7, 11) is 0. The lowest BCUT2D eigenvalue weighted by molar-refractivity contribution is -0.384. The molecular weight excluding hydrogens is 194 g/mol. The van der Waals surface area contributed by atoms with E-state index >= 15 is 0 Å². The van der Waals surface area contributed by atoms with Crippen molar-refractivity contribution >= 4 is 17.5 Å². The number of ketones is 1. The Morgan fingerprint density at radius 1 is 1.47 bits per heavy atom. The second kappa shape index (κ2) is 4.50. The van der Waals surface area contributed by atoms with Gasteiger partial charge in [0.1, 0.15) is 0 Å². The summed E-state index contributed by atoms with van der Waals surface area (Å²) in [5, 5.41) is 10.5. The topological polar surface area (TPSA) is 60.2 Å². The summed E-state index contributed by atoms with van der Waals surface area (Å²) in [4.78, 5) is 20.8. The Kier molecular flexibility index (Phi) is 3.33. The van der Waals surface area contributed by atoms with Crippen LogP contribution in [0.4, 0.5) is 5.69 Å². The summed E-state index contributed by atoms with van der Waals surface area (Å²) in [5.41, 5.74) is 1.63. The molecule has 0 saturated heterocycles. The first-order valence-electron chi connectivity index (χ1n) is 4.44. The summed E-state index contributed by atoms with van der Waals surface area (Å²) in [6.07, 6.45) is 2.98. The van der Waals surface area contributed by atoms with Gasteiger partial charge in [0.2, 0.25) is 0 Å². The highest BCUT2D eigenvalue weighted by Gasteiger charge is 2.06. The smallest absolute Gasteiger partial charge is 0.270 e. The number of allylic oxidation sites excluding steroid dienone is 1. The number of hydrogen-bond donors (Lipinski definition) is 0. The number of non-ortho nitro benzene ring substituents is 1. The van der Waals surface area contributed by atoms with E-state index in [-0.39, 0.29) is 11.5 Å². The van der Waals surface area contributed by atoms with Gasteiger partial charge < -0.3 is 0 Å². The maximum atomic E-state index is 10.7. The molecule has 15 heavy (non-hydrogen) atoms. The van der Waals surface area contributed by atoms with Crippen LogP contribution in [0.5, 0.6) is 0 Å². The third-order valence-electron chi connectivity index (χ3n) is 1.97. The Labute approximate surface area is 87.4 Å². The molecule has 0 N–H and O–H groups in total. The van der Waals surface area contributed by atoms with E-state index in [4.69, 9.17) is 0 Å². The summed E-state index contributed by atoms with van der Waals surface area (Å²) in [6.45, 7) is 3.27. The van der Waals surface area contributed by atoms with Gasteiger partial charge in [-0.15, -0.1) is 0 Å². The summed E-state index contributed by atoms with van der Waals surface area (Å²) < 4.78 is 0. The average Bonchev–Trinajstić information content (AvgIpc) is 2.16. The van der Waals surface area contributed by atoms with Gasteiger partial charge in [-0.05, 0) is 31.1 Å². The van der Waals surface area contributed by atoms with Crippen LogP contribution in [0.3, 0.4) is 0 Å². The minimum atomic E-state index is -0.454. The van der Waals surface area contributed by atoms with E-state index in [0.29, 0.717) is 5.56 Å². The van der Waals surface area contributed by atoms with Gasteiger partial charge in [-0.2, -0.15) is 0 Å². The lowest BCUT2D eigenvalue weighted by Crippen LogP contribution is -1.90. The Morgan fingerprint density at radius 3 is 2.67 bits per heavy atom. The van der Waals surface area contributed by atoms with E-state index in [0.717, 1.165) is 5.56 Å². The molecule has 0 heterocycles. The highest BCUT2D eigenvalue weighted by Crippen LogP contribution is 2.18. The number of carbonyl (C=O) groups is 1. The minimum absolute atomic E-state index is 0.0313. The molecule has 4 heteroatoms. The van der Waals surface area contributed by atoms with Crippen molar-refractivity contribution in [1.82, 2.24) is 0 Å². The summed E-state index contributed by atoms with van der Waals surface area (Å²) in [6, 6.07) is 4.56. The summed E-state index contributed by atoms with van der Waals surface area (Å²) in [5.74, 6) is -0.0825. The fourth-order valence-electron chi connectivity index (χ4n) is 1.13. The number of benzene rings is 1. The molecule has 0 spiro atoms. The first-order valence-corrected chi connectivity index (χ1v) is 4.44. The quantitative estimate of drug-likeness (QED) is 0.432. The molecule has 0 amide bonds. The van der Waals surface area contributed by atoms with E-state index in [1.165, 1.54) is 25.1 Å². The molecule has 0 radical (unpaired) electrons. The zero-order chi connectivity index (χ0) is 11.4. The van der Waals surface area contributed by atoms with Crippen LogP contribution in [-0.4, -0.2) is 10.7 Å². The van der Waals surface area contributed by atoms with Gasteiger partial charge in [0, 0.05) is 12.1 Å². The van der Waals surface area contributed by atoms with Crippen LogP contribution in [0.1, 0.15) is 18.1 Å². The first-order chi connectivity index (χ1) is 7.00. The maximum absolute atomic E-state index is 10.7. The predicted octanol–water partition coefficient (Wildman–Crippen LogP) is 2.51. The van der Waals surface area contributed by atoms with Crippen molar-refractivity contribution in [3.05, 3.63) is 45.5 Å². The number of aryl methyl sites for hydroxylation is 1. The maximum Gasteiger partial charge on any atom is 0.270 e. The van der Waals surface area contributed by atoms with E-state index in [9.17, 15) is 14.9 Å². The minimum Gasteiger partial charge on any atom is -0.295 e. The molecule has 0 bridgehead atoms. The SMILES string of the molecule is CC(=O)/C=C/c1cc([N+](=O)[O-])ccc1C. The Bertz CT molecular complexity index is 435. The number of nitro benzene ring substituents is 1. The molecule has 0 aliphatic carbocycles. The van der Waals surface area contributed by atoms with Crippen LogP contribution in [0, 0.1) is 17.0 Å². The molecule has 0 fully saturated rings. The van der Waals surface area contributed by atoms with Crippen LogP contribution in [-0.2, 0) is 4.79 Å². The Hall–Kier alpha value is -1.97. The number of nitrogens with zero attached hydrogens (tertiary/aromatic N) is 1. The van der Waals surface area contributed by atoms with Crippen LogP contribution in [0.2, 0.25) is 0 Å². The number of rotatable bonds is 3. The van der Waals surface area contributed by atoms with Gasteiger partial charge in [-0.3, -0.25) is 14.9 Å². The molecule has 0 aromatic heterocycles. The van der Waals surface area contributed by atoms with Crippen molar-refractivity contribution in [1.29, 1.82) is 0 Å². The Balaban J connectivity index is 3.11. The number of hydrogen-bond acceptors (Lipinski definition) is 3. The van der Waals surface area contributed by atoms with Crippen molar-refractivity contribution < 1.29 is 9.72 Å². The third-order valence-corrected chi connectivity index (χ3v) is 1.97. The first kappa shape index (κ1) is 11.1. The van der Waals surface area contributed by atoms with E-state index in [1.54, 1.807) is 12.1 Å². The summed E-state index contributed by atoms with van der Waals surface area (Å²) >= 11 is 0. The van der Waals surface area contributed by atoms with Crippen molar-refractivity contribution in [2.45, 2.75) is 13.8 Å². The average molecular weight is 205 g/mol.